The number of carboxylic acid groups (broad SMARTS) is 1. The van der Waals surface area contributed by atoms with Crippen LogP contribution in [-0.2, 0) is 11.2 Å². The highest BCUT2D eigenvalue weighted by atomic mass is 19.4. The molecule has 0 aliphatic carbocycles. The van der Waals surface area contributed by atoms with Gasteiger partial charge in [0.2, 0.25) is 0 Å². The number of benzene rings is 1. The van der Waals surface area contributed by atoms with Crippen LogP contribution in [0.2, 0.25) is 0 Å². The van der Waals surface area contributed by atoms with Gasteiger partial charge in [0, 0.05) is 47.8 Å². The smallest absolute Gasteiger partial charge is 0.475 e. The molecule has 2 aromatic heterocycles. The number of hydrogen-bond donors (Lipinski definition) is 3. The molecule has 0 radical (unpaired) electrons. The number of amides is 1. The van der Waals surface area contributed by atoms with E-state index in [-0.39, 0.29) is 11.7 Å². The molecule has 0 bridgehead atoms. The Balaban J connectivity index is 0.000000360. The van der Waals surface area contributed by atoms with Crippen LogP contribution >= 0.6 is 0 Å². The normalized spacial score (nSPS) is 13.5. The van der Waals surface area contributed by atoms with Crippen molar-refractivity contribution in [3.63, 3.8) is 0 Å². The molecule has 3 heterocycles. The number of nitrogens with zero attached hydrogens (tertiary/aromatic N) is 1. The molecule has 10 heteroatoms. The first-order valence-electron chi connectivity index (χ1n) is 9.34. The molecule has 0 saturated carbocycles. The monoisotopic (exact) mass is 447 g/mol. The molecule has 166 valence electrons. The van der Waals surface area contributed by atoms with Crippen LogP contribution in [0.15, 0.2) is 54.7 Å². The van der Waals surface area contributed by atoms with Crippen LogP contribution in [0.4, 0.5) is 17.6 Å². The molecule has 0 spiro atoms. The third kappa shape index (κ3) is 5.60. The van der Waals surface area contributed by atoms with Gasteiger partial charge < -0.3 is 15.4 Å². The number of rotatable bonds is 3. The number of H-pyrrole nitrogens is 1. The van der Waals surface area contributed by atoms with Gasteiger partial charge in [-0.3, -0.25) is 9.78 Å². The van der Waals surface area contributed by atoms with Crippen molar-refractivity contribution in [3.05, 3.63) is 77.2 Å². The third-order valence-electron chi connectivity index (χ3n) is 4.46. The van der Waals surface area contributed by atoms with Crippen LogP contribution < -0.4 is 5.32 Å². The van der Waals surface area contributed by atoms with Crippen LogP contribution in [0.25, 0.3) is 23.2 Å². The van der Waals surface area contributed by atoms with Crippen molar-refractivity contribution in [2.75, 3.05) is 6.54 Å². The summed E-state index contributed by atoms with van der Waals surface area (Å²) >= 11 is 0. The molecule has 4 rings (SSSR count). The van der Waals surface area contributed by atoms with Gasteiger partial charge in [0.15, 0.2) is 0 Å². The summed E-state index contributed by atoms with van der Waals surface area (Å²) in [4.78, 5) is 28.3. The summed E-state index contributed by atoms with van der Waals surface area (Å²) in [5.41, 5.74) is 4.34. The van der Waals surface area contributed by atoms with Crippen molar-refractivity contribution in [1.29, 1.82) is 0 Å². The Hall–Kier alpha value is -3.95. The molecule has 1 amide bonds. The van der Waals surface area contributed by atoms with Crippen LogP contribution in [0.5, 0.6) is 0 Å². The average molecular weight is 447 g/mol. The second kappa shape index (κ2) is 9.46. The first-order chi connectivity index (χ1) is 15.1. The summed E-state index contributed by atoms with van der Waals surface area (Å²) in [7, 11) is 0. The Morgan fingerprint density at radius 2 is 1.81 bits per heavy atom. The van der Waals surface area contributed by atoms with E-state index < -0.39 is 12.1 Å². The fourth-order valence-electron chi connectivity index (χ4n) is 2.95. The predicted octanol–water partition coefficient (Wildman–Crippen LogP) is 4.46. The Bertz CT molecular complexity index is 1150. The number of aromatic amines is 1. The molecule has 0 fully saturated rings. The predicted molar refractivity (Wildman–Crippen MR) is 109 cm³/mol. The number of pyridine rings is 1. The standard InChI is InChI=1S/C20H16FN3O.C2HF3O2/c21-17(13-4-2-1-3-5-13)11-15-10-14(6-8-22-15)19-12-16-18(24-19)7-9-23-20(16)25;3-2(4,5)1(6)7/h1-6,8,10-12,24H,7,9H2,(H,23,25);(H,6,7)/b17-11-;. The number of alkyl halides is 3. The largest absolute Gasteiger partial charge is 0.490 e. The molecule has 32 heavy (non-hydrogen) atoms. The molecule has 3 aromatic rings. The highest BCUT2D eigenvalue weighted by molar-refractivity contribution is 5.97. The lowest BCUT2D eigenvalue weighted by Gasteiger charge is -2.10. The van der Waals surface area contributed by atoms with Gasteiger partial charge in [-0.2, -0.15) is 13.2 Å². The Labute approximate surface area is 179 Å². The van der Waals surface area contributed by atoms with Crippen molar-refractivity contribution < 1.29 is 32.3 Å². The van der Waals surface area contributed by atoms with E-state index in [1.807, 2.05) is 18.2 Å². The zero-order chi connectivity index (χ0) is 23.3. The lowest BCUT2D eigenvalue weighted by Crippen LogP contribution is -2.31. The van der Waals surface area contributed by atoms with Crippen LogP contribution in [0.3, 0.4) is 0 Å². The van der Waals surface area contributed by atoms with Crippen molar-refractivity contribution in [2.24, 2.45) is 0 Å². The maximum Gasteiger partial charge on any atom is 0.490 e. The number of hydrogen-bond acceptors (Lipinski definition) is 3. The van der Waals surface area contributed by atoms with E-state index in [9.17, 15) is 22.4 Å². The van der Waals surface area contributed by atoms with Gasteiger partial charge in [-0.05, 0) is 18.2 Å². The summed E-state index contributed by atoms with van der Waals surface area (Å²) in [5.74, 6) is -3.16. The fraction of sp³-hybridized carbons (Fsp3) is 0.136. The van der Waals surface area contributed by atoms with E-state index in [0.29, 0.717) is 23.4 Å². The van der Waals surface area contributed by atoms with Crippen molar-refractivity contribution >= 4 is 23.8 Å². The average Bonchev–Trinajstić information content (AvgIpc) is 3.20. The molecule has 0 atom stereocenters. The summed E-state index contributed by atoms with van der Waals surface area (Å²) in [6.07, 6.45) is -1.25. The van der Waals surface area contributed by atoms with Gasteiger partial charge in [0.1, 0.15) is 5.83 Å². The number of carboxylic acids is 1. The zero-order valence-corrected chi connectivity index (χ0v) is 16.4. The SMILES string of the molecule is O=C(O)C(F)(F)F.O=C1NCCc2[nH]c(-c3ccnc(/C=C(\F)c4ccccc4)c3)cc21. The summed E-state index contributed by atoms with van der Waals surface area (Å²) < 4.78 is 46.1. The van der Waals surface area contributed by atoms with Gasteiger partial charge in [0.05, 0.1) is 11.3 Å². The van der Waals surface area contributed by atoms with E-state index in [1.165, 1.54) is 6.08 Å². The number of aromatic nitrogens is 2. The van der Waals surface area contributed by atoms with E-state index in [2.05, 4.69) is 15.3 Å². The molecule has 1 aliphatic heterocycles. The minimum atomic E-state index is -5.08. The van der Waals surface area contributed by atoms with Gasteiger partial charge >= 0.3 is 12.1 Å². The third-order valence-corrected chi connectivity index (χ3v) is 4.46. The molecular weight excluding hydrogens is 430 g/mol. The Morgan fingerprint density at radius 1 is 1.12 bits per heavy atom. The minimum Gasteiger partial charge on any atom is -0.475 e. The van der Waals surface area contributed by atoms with Crippen molar-refractivity contribution in [1.82, 2.24) is 15.3 Å². The Morgan fingerprint density at radius 3 is 2.44 bits per heavy atom. The highest BCUT2D eigenvalue weighted by Crippen LogP contribution is 2.25. The van der Waals surface area contributed by atoms with E-state index in [0.717, 1.165) is 23.4 Å². The Kier molecular flexibility index (Phi) is 6.72. The molecule has 0 saturated heterocycles. The summed E-state index contributed by atoms with van der Waals surface area (Å²) in [6, 6.07) is 14.3. The first-order valence-corrected chi connectivity index (χ1v) is 9.34. The lowest BCUT2D eigenvalue weighted by atomic mass is 10.1. The van der Waals surface area contributed by atoms with Crippen molar-refractivity contribution in [3.8, 4) is 11.3 Å². The van der Waals surface area contributed by atoms with Crippen molar-refractivity contribution in [2.45, 2.75) is 12.6 Å². The van der Waals surface area contributed by atoms with Gasteiger partial charge in [-0.1, -0.05) is 30.3 Å². The van der Waals surface area contributed by atoms with E-state index in [4.69, 9.17) is 9.90 Å². The number of carbonyl (C=O) groups is 2. The lowest BCUT2D eigenvalue weighted by molar-refractivity contribution is -0.192. The fourth-order valence-corrected chi connectivity index (χ4v) is 2.95. The van der Waals surface area contributed by atoms with E-state index in [1.54, 1.807) is 36.5 Å². The molecule has 3 N–H and O–H groups in total. The minimum absolute atomic E-state index is 0.0620. The van der Waals surface area contributed by atoms with Gasteiger partial charge in [-0.25, -0.2) is 9.18 Å². The zero-order valence-electron chi connectivity index (χ0n) is 16.4. The number of aliphatic carboxylic acids is 1. The number of fused-ring (bicyclic) bond motifs is 1. The molecule has 0 unspecified atom stereocenters. The highest BCUT2D eigenvalue weighted by Gasteiger charge is 2.38. The topological polar surface area (TPSA) is 95.1 Å². The summed E-state index contributed by atoms with van der Waals surface area (Å²) in [6.45, 7) is 0.637. The molecular formula is C22H17F4N3O3. The van der Waals surface area contributed by atoms with Crippen LogP contribution in [0.1, 0.15) is 27.3 Å². The molecule has 1 aromatic carbocycles. The maximum absolute atomic E-state index is 14.4. The second-order valence-electron chi connectivity index (χ2n) is 6.71. The quantitative estimate of drug-likeness (QED) is 0.517. The summed E-state index contributed by atoms with van der Waals surface area (Å²) in [5, 5.41) is 9.95. The van der Waals surface area contributed by atoms with Gasteiger partial charge in [0.25, 0.3) is 5.91 Å². The van der Waals surface area contributed by atoms with Crippen LogP contribution in [0, 0.1) is 0 Å². The number of halogens is 4. The first kappa shape index (κ1) is 22.7. The number of nitrogens with one attached hydrogen (secondary N) is 2. The van der Waals surface area contributed by atoms with Gasteiger partial charge in [-0.15, -0.1) is 0 Å². The number of carbonyl (C=O) groups excluding carboxylic acids is 1. The van der Waals surface area contributed by atoms with E-state index >= 15 is 0 Å². The molecule has 1 aliphatic rings. The van der Waals surface area contributed by atoms with Crippen LogP contribution in [-0.4, -0.2) is 39.7 Å². The second-order valence-corrected chi connectivity index (χ2v) is 6.71. The maximum atomic E-state index is 14.4. The molecule has 6 nitrogen and oxygen atoms in total.